The van der Waals surface area contributed by atoms with E-state index in [0.717, 1.165) is 10.7 Å². The summed E-state index contributed by atoms with van der Waals surface area (Å²) in [4.78, 5) is 2.00. The third kappa shape index (κ3) is 50.1. The average molecular weight is 261 g/mol. The molecule has 0 aromatic carbocycles. The lowest BCUT2D eigenvalue weighted by Gasteiger charge is -1.90. The second-order valence-electron chi connectivity index (χ2n) is 2.07. The van der Waals surface area contributed by atoms with Crippen LogP contribution in [0.15, 0.2) is 0 Å². The normalized spacial score (nSPS) is 8.67. The zero-order valence-electron chi connectivity index (χ0n) is 6.32. The molecule has 0 atom stereocenters. The number of hydrogen-bond acceptors (Lipinski definition) is 1. The van der Waals surface area contributed by atoms with E-state index >= 15 is 0 Å². The second kappa shape index (κ2) is 11.7. The van der Waals surface area contributed by atoms with Crippen molar-refractivity contribution < 1.29 is 0 Å². The van der Waals surface area contributed by atoms with E-state index in [9.17, 15) is 0 Å². The first-order chi connectivity index (χ1) is 4.15. The Bertz CT molecular complexity index is 35.3. The van der Waals surface area contributed by atoms with Gasteiger partial charge in [0.15, 0.2) is 0 Å². The SMILES string of the molecule is BrCCCBr.CN(C)C. The van der Waals surface area contributed by atoms with Gasteiger partial charge < -0.3 is 4.90 Å². The maximum absolute atomic E-state index is 3.28. The van der Waals surface area contributed by atoms with Crippen molar-refractivity contribution in [1.29, 1.82) is 0 Å². The lowest BCUT2D eigenvalue weighted by atomic mass is 10.6. The summed E-state index contributed by atoms with van der Waals surface area (Å²) in [5.74, 6) is 0. The maximum atomic E-state index is 3.28. The zero-order chi connectivity index (χ0) is 7.70. The first-order valence-corrected chi connectivity index (χ1v) is 5.12. The molecule has 0 aliphatic rings. The maximum Gasteiger partial charge on any atom is 0.00392 e. The van der Waals surface area contributed by atoms with Gasteiger partial charge in [-0.15, -0.1) is 0 Å². The molecule has 0 saturated heterocycles. The van der Waals surface area contributed by atoms with Gasteiger partial charge in [-0.25, -0.2) is 0 Å². The van der Waals surface area contributed by atoms with Crippen LogP contribution in [0.25, 0.3) is 0 Å². The quantitative estimate of drug-likeness (QED) is 0.689. The van der Waals surface area contributed by atoms with Gasteiger partial charge in [0.25, 0.3) is 0 Å². The lowest BCUT2D eigenvalue weighted by molar-refractivity contribution is 0.505. The van der Waals surface area contributed by atoms with Crippen LogP contribution in [0.3, 0.4) is 0 Å². The van der Waals surface area contributed by atoms with E-state index in [-0.39, 0.29) is 0 Å². The largest absolute Gasteiger partial charge is 0.312 e. The average Bonchev–Trinajstić information content (AvgIpc) is 1.66. The van der Waals surface area contributed by atoms with E-state index in [2.05, 4.69) is 31.9 Å². The molecule has 9 heavy (non-hydrogen) atoms. The molecule has 0 fully saturated rings. The Balaban J connectivity index is 0. The van der Waals surface area contributed by atoms with Crippen molar-refractivity contribution in [2.75, 3.05) is 31.8 Å². The van der Waals surface area contributed by atoms with Crippen LogP contribution in [0.2, 0.25) is 0 Å². The molecule has 3 heteroatoms. The van der Waals surface area contributed by atoms with Gasteiger partial charge in [0.1, 0.15) is 0 Å². The molecule has 0 aromatic heterocycles. The van der Waals surface area contributed by atoms with Gasteiger partial charge in [-0.1, -0.05) is 31.9 Å². The minimum Gasteiger partial charge on any atom is -0.312 e. The predicted octanol–water partition coefficient (Wildman–Crippen LogP) is 2.34. The zero-order valence-corrected chi connectivity index (χ0v) is 9.50. The van der Waals surface area contributed by atoms with Gasteiger partial charge in [-0.3, -0.25) is 0 Å². The van der Waals surface area contributed by atoms with Crippen molar-refractivity contribution in [2.24, 2.45) is 0 Å². The molecule has 0 N–H and O–H groups in total. The summed E-state index contributed by atoms with van der Waals surface area (Å²) in [6.45, 7) is 0. The summed E-state index contributed by atoms with van der Waals surface area (Å²) in [5.41, 5.74) is 0. The first-order valence-electron chi connectivity index (χ1n) is 2.88. The summed E-state index contributed by atoms with van der Waals surface area (Å²) in [6, 6.07) is 0. The highest BCUT2D eigenvalue weighted by molar-refractivity contribution is 9.09. The minimum atomic E-state index is 1.11. The van der Waals surface area contributed by atoms with Crippen LogP contribution in [0.1, 0.15) is 6.42 Å². The Kier molecular flexibility index (Phi) is 16.3. The number of nitrogens with zero attached hydrogens (tertiary/aromatic N) is 1. The molecule has 0 bridgehead atoms. The minimum absolute atomic E-state index is 1.11. The fourth-order valence-electron chi connectivity index (χ4n) is 0.0505. The molecular formula is C6H15Br2N. The van der Waals surface area contributed by atoms with Crippen LogP contribution in [-0.4, -0.2) is 36.7 Å². The van der Waals surface area contributed by atoms with Gasteiger partial charge in [-0.05, 0) is 27.6 Å². The van der Waals surface area contributed by atoms with Crippen LogP contribution < -0.4 is 0 Å². The third-order valence-electron chi connectivity index (χ3n) is 0.267. The van der Waals surface area contributed by atoms with Crippen molar-refractivity contribution in [3.05, 3.63) is 0 Å². The van der Waals surface area contributed by atoms with Crippen LogP contribution in [0, 0.1) is 0 Å². The number of rotatable bonds is 2. The van der Waals surface area contributed by atoms with E-state index in [0.29, 0.717) is 0 Å². The molecule has 0 unspecified atom stereocenters. The van der Waals surface area contributed by atoms with E-state index in [1.54, 1.807) is 0 Å². The molecule has 0 aliphatic heterocycles. The van der Waals surface area contributed by atoms with Crippen molar-refractivity contribution in [2.45, 2.75) is 6.42 Å². The number of alkyl halides is 2. The molecule has 0 radical (unpaired) electrons. The Morgan fingerprint density at radius 3 is 1.22 bits per heavy atom. The monoisotopic (exact) mass is 259 g/mol. The Morgan fingerprint density at radius 2 is 1.22 bits per heavy atom. The highest BCUT2D eigenvalue weighted by atomic mass is 79.9. The third-order valence-corrected chi connectivity index (χ3v) is 1.39. The highest BCUT2D eigenvalue weighted by Gasteiger charge is 1.71. The van der Waals surface area contributed by atoms with E-state index in [1.165, 1.54) is 6.42 Å². The van der Waals surface area contributed by atoms with Gasteiger partial charge in [0.2, 0.25) is 0 Å². The summed E-state index contributed by atoms with van der Waals surface area (Å²) < 4.78 is 0. The highest BCUT2D eigenvalue weighted by Crippen LogP contribution is 1.90. The lowest BCUT2D eigenvalue weighted by Crippen LogP contribution is -1.99. The van der Waals surface area contributed by atoms with Crippen LogP contribution in [0.4, 0.5) is 0 Å². The second-order valence-corrected chi connectivity index (χ2v) is 3.66. The summed E-state index contributed by atoms with van der Waals surface area (Å²) in [7, 11) is 6.00. The van der Waals surface area contributed by atoms with Crippen LogP contribution in [0.5, 0.6) is 0 Å². The molecule has 0 amide bonds. The standard InChI is InChI=1S/C3H6Br2.C3H9N/c4-2-1-3-5;1-4(2)3/h1-3H2;1-3H3. The van der Waals surface area contributed by atoms with Crippen LogP contribution in [-0.2, 0) is 0 Å². The van der Waals surface area contributed by atoms with Crippen LogP contribution >= 0.6 is 31.9 Å². The molecule has 0 saturated carbocycles. The summed E-state index contributed by atoms with van der Waals surface area (Å²) in [6.07, 6.45) is 1.22. The smallest absolute Gasteiger partial charge is 0.00392 e. The molecule has 0 rings (SSSR count). The number of halogens is 2. The van der Waals surface area contributed by atoms with Crippen molar-refractivity contribution in [3.8, 4) is 0 Å². The number of hydrogen-bond donors (Lipinski definition) is 0. The van der Waals surface area contributed by atoms with Crippen molar-refractivity contribution in [1.82, 2.24) is 4.90 Å². The summed E-state index contributed by atoms with van der Waals surface area (Å²) in [5, 5.41) is 2.22. The van der Waals surface area contributed by atoms with Crippen molar-refractivity contribution in [3.63, 3.8) is 0 Å². The predicted molar refractivity (Wildman–Crippen MR) is 51.8 cm³/mol. The van der Waals surface area contributed by atoms with Gasteiger partial charge in [0.05, 0.1) is 0 Å². The van der Waals surface area contributed by atoms with Gasteiger partial charge in [-0.2, -0.15) is 0 Å². The first kappa shape index (κ1) is 12.6. The van der Waals surface area contributed by atoms with E-state index in [1.807, 2.05) is 26.0 Å². The molecule has 0 aliphatic carbocycles. The molecule has 0 heterocycles. The molecule has 0 aromatic rings. The molecule has 1 nitrogen and oxygen atoms in total. The fourth-order valence-corrected chi connectivity index (χ4v) is 1.36. The molecular weight excluding hydrogens is 246 g/mol. The molecule has 58 valence electrons. The topological polar surface area (TPSA) is 3.24 Å². The Labute approximate surface area is 75.1 Å². The Morgan fingerprint density at radius 1 is 1.00 bits per heavy atom. The van der Waals surface area contributed by atoms with E-state index in [4.69, 9.17) is 0 Å². The van der Waals surface area contributed by atoms with E-state index < -0.39 is 0 Å². The Hall–Kier alpha value is 0.920. The van der Waals surface area contributed by atoms with Crippen molar-refractivity contribution >= 4 is 31.9 Å². The van der Waals surface area contributed by atoms with Gasteiger partial charge in [0, 0.05) is 10.7 Å². The summed E-state index contributed by atoms with van der Waals surface area (Å²) >= 11 is 6.56. The fraction of sp³-hybridized carbons (Fsp3) is 1.00. The van der Waals surface area contributed by atoms with Gasteiger partial charge >= 0.3 is 0 Å². The molecule has 0 spiro atoms.